The second-order valence-electron chi connectivity index (χ2n) is 3.02. The lowest BCUT2D eigenvalue weighted by Gasteiger charge is -2.05. The van der Waals surface area contributed by atoms with E-state index < -0.39 is 0 Å². The summed E-state index contributed by atoms with van der Waals surface area (Å²) in [6, 6.07) is 3.20. The molecule has 16 heavy (non-hydrogen) atoms. The molecule has 0 saturated carbocycles. The minimum absolute atomic E-state index is 0.127. The average Bonchev–Trinajstić information content (AvgIpc) is 2.29. The van der Waals surface area contributed by atoms with Crippen LogP contribution < -0.4 is 10.6 Å². The van der Waals surface area contributed by atoms with Crippen LogP contribution in [0.3, 0.4) is 0 Å². The van der Waals surface area contributed by atoms with Gasteiger partial charge in [0.25, 0.3) is 5.91 Å². The fourth-order valence-corrected chi connectivity index (χ4v) is 1.27. The molecule has 0 bridgehead atoms. The van der Waals surface area contributed by atoms with E-state index in [2.05, 4.69) is 15.6 Å². The molecule has 0 unspecified atom stereocenters. The standard InChI is InChI=1S/C10H12ClN3O2/c1-12-8(15)4-6-14-10(16)7-3-2-5-13-9(7)11/h2-3,5H,4,6H2,1H3,(H,12,15)(H,14,16). The molecule has 86 valence electrons. The average molecular weight is 242 g/mol. The molecule has 0 aliphatic carbocycles. The maximum absolute atomic E-state index is 11.6. The van der Waals surface area contributed by atoms with Gasteiger partial charge in [0.05, 0.1) is 5.56 Å². The first-order valence-electron chi connectivity index (χ1n) is 4.74. The smallest absolute Gasteiger partial charge is 0.254 e. The summed E-state index contributed by atoms with van der Waals surface area (Å²) in [6.07, 6.45) is 1.74. The van der Waals surface area contributed by atoms with E-state index in [1.807, 2.05) is 0 Å². The second-order valence-corrected chi connectivity index (χ2v) is 3.38. The van der Waals surface area contributed by atoms with Gasteiger partial charge in [-0.05, 0) is 12.1 Å². The predicted octanol–water partition coefficient (Wildman–Crippen LogP) is 0.601. The number of rotatable bonds is 4. The number of hydrogen-bond acceptors (Lipinski definition) is 3. The Labute approximate surface area is 98.2 Å². The molecule has 1 aromatic heterocycles. The number of nitrogens with zero attached hydrogens (tertiary/aromatic N) is 1. The van der Waals surface area contributed by atoms with Crippen LogP contribution >= 0.6 is 11.6 Å². The van der Waals surface area contributed by atoms with E-state index in [4.69, 9.17) is 11.6 Å². The molecule has 1 rings (SSSR count). The van der Waals surface area contributed by atoms with Gasteiger partial charge in [-0.3, -0.25) is 9.59 Å². The van der Waals surface area contributed by atoms with Crippen LogP contribution in [0.25, 0.3) is 0 Å². The largest absolute Gasteiger partial charge is 0.359 e. The summed E-state index contributed by atoms with van der Waals surface area (Å²) in [6.45, 7) is 0.268. The van der Waals surface area contributed by atoms with Gasteiger partial charge in [-0.15, -0.1) is 0 Å². The Bertz CT molecular complexity index is 395. The third-order valence-corrected chi connectivity index (χ3v) is 2.22. The van der Waals surface area contributed by atoms with Crippen molar-refractivity contribution in [3.05, 3.63) is 29.0 Å². The molecule has 1 heterocycles. The van der Waals surface area contributed by atoms with Gasteiger partial charge >= 0.3 is 0 Å². The van der Waals surface area contributed by atoms with Gasteiger partial charge in [0.1, 0.15) is 5.15 Å². The zero-order valence-electron chi connectivity index (χ0n) is 8.79. The molecule has 0 aromatic carbocycles. The minimum Gasteiger partial charge on any atom is -0.359 e. The summed E-state index contributed by atoms with van der Waals surface area (Å²) < 4.78 is 0. The Balaban J connectivity index is 2.47. The van der Waals surface area contributed by atoms with Crippen molar-refractivity contribution in [1.29, 1.82) is 0 Å². The number of carbonyl (C=O) groups excluding carboxylic acids is 2. The van der Waals surface area contributed by atoms with Crippen LogP contribution in [-0.2, 0) is 4.79 Å². The summed E-state index contributed by atoms with van der Waals surface area (Å²) >= 11 is 5.74. The molecular weight excluding hydrogens is 230 g/mol. The van der Waals surface area contributed by atoms with Crippen molar-refractivity contribution in [3.63, 3.8) is 0 Å². The highest BCUT2D eigenvalue weighted by atomic mass is 35.5. The molecule has 6 heteroatoms. The fraction of sp³-hybridized carbons (Fsp3) is 0.300. The number of halogens is 1. The van der Waals surface area contributed by atoms with Crippen molar-refractivity contribution in [1.82, 2.24) is 15.6 Å². The number of pyridine rings is 1. The van der Waals surface area contributed by atoms with E-state index in [9.17, 15) is 9.59 Å². The maximum atomic E-state index is 11.6. The van der Waals surface area contributed by atoms with E-state index in [0.29, 0.717) is 5.56 Å². The van der Waals surface area contributed by atoms with Gasteiger partial charge in [-0.1, -0.05) is 11.6 Å². The lowest BCUT2D eigenvalue weighted by atomic mass is 10.2. The third-order valence-electron chi connectivity index (χ3n) is 1.92. The molecule has 0 aliphatic rings. The third kappa shape index (κ3) is 3.51. The predicted molar refractivity (Wildman–Crippen MR) is 60.3 cm³/mol. The molecule has 0 saturated heterocycles. The van der Waals surface area contributed by atoms with Gasteiger partial charge < -0.3 is 10.6 Å². The van der Waals surface area contributed by atoms with Gasteiger partial charge in [-0.25, -0.2) is 4.98 Å². The zero-order chi connectivity index (χ0) is 12.0. The Hall–Kier alpha value is -1.62. The molecule has 0 radical (unpaired) electrons. The van der Waals surface area contributed by atoms with Gasteiger partial charge in [-0.2, -0.15) is 0 Å². The van der Waals surface area contributed by atoms with Crippen LogP contribution in [0.5, 0.6) is 0 Å². The lowest BCUT2D eigenvalue weighted by molar-refractivity contribution is -0.120. The van der Waals surface area contributed by atoms with Crippen molar-refractivity contribution >= 4 is 23.4 Å². The van der Waals surface area contributed by atoms with E-state index in [1.165, 1.54) is 6.20 Å². The molecule has 2 N–H and O–H groups in total. The van der Waals surface area contributed by atoms with E-state index >= 15 is 0 Å². The van der Waals surface area contributed by atoms with Gasteiger partial charge in [0.15, 0.2) is 0 Å². The quantitative estimate of drug-likeness (QED) is 0.759. The number of aromatic nitrogens is 1. The molecule has 2 amide bonds. The van der Waals surface area contributed by atoms with E-state index in [1.54, 1.807) is 19.2 Å². The normalized spacial score (nSPS) is 9.62. The Morgan fingerprint density at radius 1 is 1.50 bits per heavy atom. The van der Waals surface area contributed by atoms with Crippen LogP contribution in [0.15, 0.2) is 18.3 Å². The maximum Gasteiger partial charge on any atom is 0.254 e. The first-order valence-corrected chi connectivity index (χ1v) is 5.12. The summed E-state index contributed by atoms with van der Waals surface area (Å²) in [5, 5.41) is 5.19. The van der Waals surface area contributed by atoms with Crippen molar-refractivity contribution in [2.45, 2.75) is 6.42 Å². The Morgan fingerprint density at radius 2 is 2.25 bits per heavy atom. The molecule has 0 spiro atoms. The summed E-state index contributed by atoms with van der Waals surface area (Å²) in [7, 11) is 1.54. The Morgan fingerprint density at radius 3 is 2.88 bits per heavy atom. The summed E-state index contributed by atoms with van der Waals surface area (Å²) in [4.78, 5) is 26.2. The number of carbonyl (C=O) groups is 2. The van der Waals surface area contributed by atoms with Crippen molar-refractivity contribution in [3.8, 4) is 0 Å². The van der Waals surface area contributed by atoms with Crippen molar-refractivity contribution < 1.29 is 9.59 Å². The molecule has 5 nitrogen and oxygen atoms in total. The first kappa shape index (κ1) is 12.4. The van der Waals surface area contributed by atoms with Gasteiger partial charge in [0, 0.05) is 26.2 Å². The highest BCUT2D eigenvalue weighted by molar-refractivity contribution is 6.32. The molecule has 1 aromatic rings. The van der Waals surface area contributed by atoms with E-state index in [-0.39, 0.29) is 29.9 Å². The fourth-order valence-electron chi connectivity index (χ4n) is 1.07. The van der Waals surface area contributed by atoms with Crippen LogP contribution in [0, 0.1) is 0 Å². The summed E-state index contributed by atoms with van der Waals surface area (Å²) in [5.41, 5.74) is 0.307. The topological polar surface area (TPSA) is 71.1 Å². The molecule has 0 atom stereocenters. The first-order chi connectivity index (χ1) is 7.65. The van der Waals surface area contributed by atoms with E-state index in [0.717, 1.165) is 0 Å². The molecule has 0 aliphatic heterocycles. The summed E-state index contributed by atoms with van der Waals surface area (Å²) in [5.74, 6) is -0.459. The lowest BCUT2D eigenvalue weighted by Crippen LogP contribution is -2.29. The molecule has 0 fully saturated rings. The number of amides is 2. The minimum atomic E-state index is -0.331. The van der Waals surface area contributed by atoms with Crippen LogP contribution in [-0.4, -0.2) is 30.4 Å². The Kier molecular flexibility index (Phi) is 4.72. The molecular formula is C10H12ClN3O2. The van der Waals surface area contributed by atoms with Gasteiger partial charge in [0.2, 0.25) is 5.91 Å². The number of nitrogens with one attached hydrogen (secondary N) is 2. The monoisotopic (exact) mass is 241 g/mol. The van der Waals surface area contributed by atoms with Crippen molar-refractivity contribution in [2.75, 3.05) is 13.6 Å². The highest BCUT2D eigenvalue weighted by Crippen LogP contribution is 2.10. The SMILES string of the molecule is CNC(=O)CCNC(=O)c1cccnc1Cl. The second kappa shape index (κ2) is 6.07. The van der Waals surface area contributed by atoms with Crippen molar-refractivity contribution in [2.24, 2.45) is 0 Å². The zero-order valence-corrected chi connectivity index (χ0v) is 9.54. The van der Waals surface area contributed by atoms with Crippen LogP contribution in [0.2, 0.25) is 5.15 Å². The number of hydrogen-bond donors (Lipinski definition) is 2. The van der Waals surface area contributed by atoms with Crippen LogP contribution in [0.4, 0.5) is 0 Å². The highest BCUT2D eigenvalue weighted by Gasteiger charge is 2.10. The van der Waals surface area contributed by atoms with Crippen LogP contribution in [0.1, 0.15) is 16.8 Å².